The fraction of sp³-hybridized carbons (Fsp3) is 1.00. The summed E-state index contributed by atoms with van der Waals surface area (Å²) in [5, 5.41) is 9.68. The lowest BCUT2D eigenvalue weighted by Gasteiger charge is -2.38. The normalized spacial score (nSPS) is 43.5. The molecule has 3 nitrogen and oxygen atoms in total. The van der Waals surface area contributed by atoms with Crippen LogP contribution in [-0.4, -0.2) is 29.5 Å². The van der Waals surface area contributed by atoms with Crippen molar-refractivity contribution in [3.05, 3.63) is 0 Å². The van der Waals surface area contributed by atoms with Crippen LogP contribution in [0.1, 0.15) is 27.2 Å². The van der Waals surface area contributed by atoms with Crippen molar-refractivity contribution in [2.45, 2.75) is 51.5 Å². The third kappa shape index (κ3) is 1.97. The Morgan fingerprint density at radius 2 is 2.08 bits per heavy atom. The monoisotopic (exact) mass is 173 g/mol. The van der Waals surface area contributed by atoms with Crippen LogP contribution < -0.4 is 5.73 Å². The first-order valence-electron chi connectivity index (χ1n) is 4.61. The molecular weight excluding hydrogens is 154 g/mol. The van der Waals surface area contributed by atoms with E-state index in [1.54, 1.807) is 0 Å². The molecule has 3 heteroatoms. The minimum Gasteiger partial charge on any atom is -0.389 e. The standard InChI is InChI=1S/C9H19NO2/c1-5(2)9-8(11)7(10)4-6(3)12-9/h5-9,11H,4,10H2,1-3H3/t6?,7-,8?,9-/m0/s1. The van der Waals surface area contributed by atoms with Gasteiger partial charge in [0, 0.05) is 6.04 Å². The number of aliphatic hydroxyl groups is 1. The molecule has 0 amide bonds. The molecule has 3 N–H and O–H groups in total. The second-order valence-corrected chi connectivity index (χ2v) is 4.05. The van der Waals surface area contributed by atoms with Crippen LogP contribution in [0.5, 0.6) is 0 Å². The molecule has 4 atom stereocenters. The van der Waals surface area contributed by atoms with Gasteiger partial charge in [0.25, 0.3) is 0 Å². The van der Waals surface area contributed by atoms with Gasteiger partial charge >= 0.3 is 0 Å². The molecule has 12 heavy (non-hydrogen) atoms. The van der Waals surface area contributed by atoms with Crippen LogP contribution in [0.3, 0.4) is 0 Å². The third-order valence-electron chi connectivity index (χ3n) is 2.43. The van der Waals surface area contributed by atoms with Gasteiger partial charge in [-0.2, -0.15) is 0 Å². The fourth-order valence-electron chi connectivity index (χ4n) is 1.72. The lowest BCUT2D eigenvalue weighted by atomic mass is 9.90. The summed E-state index contributed by atoms with van der Waals surface area (Å²) in [6, 6.07) is -0.124. The Morgan fingerprint density at radius 1 is 1.50 bits per heavy atom. The van der Waals surface area contributed by atoms with Crippen LogP contribution >= 0.6 is 0 Å². The predicted octanol–water partition coefficient (Wildman–Crippen LogP) is 0.508. The van der Waals surface area contributed by atoms with E-state index in [0.29, 0.717) is 5.92 Å². The summed E-state index contributed by atoms with van der Waals surface area (Å²) in [6.07, 6.45) is 0.338. The van der Waals surface area contributed by atoms with Gasteiger partial charge in [0.2, 0.25) is 0 Å². The molecule has 0 bridgehead atoms. The van der Waals surface area contributed by atoms with E-state index < -0.39 is 6.10 Å². The van der Waals surface area contributed by atoms with Gasteiger partial charge in [-0.15, -0.1) is 0 Å². The first-order chi connectivity index (χ1) is 5.52. The predicted molar refractivity (Wildman–Crippen MR) is 47.8 cm³/mol. The molecule has 0 aromatic carbocycles. The number of hydrogen-bond donors (Lipinski definition) is 2. The van der Waals surface area contributed by atoms with Gasteiger partial charge in [-0.3, -0.25) is 0 Å². The largest absolute Gasteiger partial charge is 0.389 e. The van der Waals surface area contributed by atoms with E-state index in [1.807, 2.05) is 20.8 Å². The van der Waals surface area contributed by atoms with Gasteiger partial charge in [0.15, 0.2) is 0 Å². The van der Waals surface area contributed by atoms with E-state index in [4.69, 9.17) is 10.5 Å². The molecule has 1 aliphatic heterocycles. The zero-order valence-electron chi connectivity index (χ0n) is 8.03. The molecule has 1 rings (SSSR count). The SMILES string of the molecule is CC1C[C@H](N)C(O)[C@H](C(C)C)O1. The number of nitrogens with two attached hydrogens (primary N) is 1. The van der Waals surface area contributed by atoms with Crippen molar-refractivity contribution in [3.8, 4) is 0 Å². The molecule has 0 aliphatic carbocycles. The second kappa shape index (κ2) is 3.73. The summed E-state index contributed by atoms with van der Waals surface area (Å²) in [5.74, 6) is 0.328. The van der Waals surface area contributed by atoms with Crippen LogP contribution in [0.25, 0.3) is 0 Å². The zero-order chi connectivity index (χ0) is 9.30. The summed E-state index contributed by atoms with van der Waals surface area (Å²) < 4.78 is 5.60. The molecule has 72 valence electrons. The lowest BCUT2D eigenvalue weighted by molar-refractivity contribution is -0.137. The Hall–Kier alpha value is -0.120. The Kier molecular flexibility index (Phi) is 3.09. The van der Waals surface area contributed by atoms with Crippen molar-refractivity contribution >= 4 is 0 Å². The van der Waals surface area contributed by atoms with Gasteiger partial charge in [-0.25, -0.2) is 0 Å². The van der Waals surface area contributed by atoms with Crippen molar-refractivity contribution in [3.63, 3.8) is 0 Å². The topological polar surface area (TPSA) is 55.5 Å². The van der Waals surface area contributed by atoms with Gasteiger partial charge in [0.1, 0.15) is 0 Å². The van der Waals surface area contributed by atoms with Crippen LogP contribution in [0, 0.1) is 5.92 Å². The average molecular weight is 173 g/mol. The molecule has 1 heterocycles. The molecular formula is C9H19NO2. The second-order valence-electron chi connectivity index (χ2n) is 4.05. The van der Waals surface area contributed by atoms with E-state index in [0.717, 1.165) is 6.42 Å². The molecule has 0 saturated carbocycles. The third-order valence-corrected chi connectivity index (χ3v) is 2.43. The minimum absolute atomic E-state index is 0.0938. The Bertz CT molecular complexity index is 149. The van der Waals surface area contributed by atoms with Crippen LogP contribution in [0.15, 0.2) is 0 Å². The number of ether oxygens (including phenoxy) is 1. The quantitative estimate of drug-likeness (QED) is 0.607. The highest BCUT2D eigenvalue weighted by Crippen LogP contribution is 2.23. The van der Waals surface area contributed by atoms with Gasteiger partial charge in [-0.1, -0.05) is 13.8 Å². The summed E-state index contributed by atoms with van der Waals surface area (Å²) in [6.45, 7) is 6.08. The first kappa shape index (κ1) is 9.96. The van der Waals surface area contributed by atoms with Crippen LogP contribution in [-0.2, 0) is 4.74 Å². The van der Waals surface area contributed by atoms with Crippen molar-refractivity contribution in [2.24, 2.45) is 11.7 Å². The van der Waals surface area contributed by atoms with E-state index in [-0.39, 0.29) is 18.2 Å². The maximum absolute atomic E-state index is 9.68. The zero-order valence-corrected chi connectivity index (χ0v) is 8.03. The Balaban J connectivity index is 2.60. The Labute approximate surface area is 73.9 Å². The smallest absolute Gasteiger partial charge is 0.0955 e. The fourth-order valence-corrected chi connectivity index (χ4v) is 1.72. The molecule has 0 radical (unpaired) electrons. The van der Waals surface area contributed by atoms with Crippen LogP contribution in [0.4, 0.5) is 0 Å². The van der Waals surface area contributed by atoms with E-state index in [9.17, 15) is 5.11 Å². The number of aliphatic hydroxyl groups excluding tert-OH is 1. The Morgan fingerprint density at radius 3 is 2.58 bits per heavy atom. The summed E-state index contributed by atoms with van der Waals surface area (Å²) in [7, 11) is 0. The average Bonchev–Trinajstić information content (AvgIpc) is 1.96. The molecule has 1 fully saturated rings. The molecule has 0 aromatic rings. The molecule has 1 aliphatic rings. The number of hydrogen-bond acceptors (Lipinski definition) is 3. The first-order valence-corrected chi connectivity index (χ1v) is 4.61. The highest BCUT2D eigenvalue weighted by atomic mass is 16.5. The van der Waals surface area contributed by atoms with Crippen molar-refractivity contribution < 1.29 is 9.84 Å². The maximum atomic E-state index is 9.68. The highest BCUT2D eigenvalue weighted by Gasteiger charge is 2.35. The number of rotatable bonds is 1. The molecule has 1 saturated heterocycles. The minimum atomic E-state index is -0.499. The van der Waals surface area contributed by atoms with Crippen molar-refractivity contribution in [1.82, 2.24) is 0 Å². The lowest BCUT2D eigenvalue weighted by Crippen LogP contribution is -2.53. The summed E-state index contributed by atoms with van der Waals surface area (Å²) in [4.78, 5) is 0. The van der Waals surface area contributed by atoms with Crippen molar-refractivity contribution in [1.29, 1.82) is 0 Å². The van der Waals surface area contributed by atoms with E-state index in [1.165, 1.54) is 0 Å². The van der Waals surface area contributed by atoms with Crippen molar-refractivity contribution in [2.75, 3.05) is 0 Å². The van der Waals surface area contributed by atoms with Gasteiger partial charge in [-0.05, 0) is 19.3 Å². The summed E-state index contributed by atoms with van der Waals surface area (Å²) >= 11 is 0. The van der Waals surface area contributed by atoms with E-state index >= 15 is 0 Å². The maximum Gasteiger partial charge on any atom is 0.0955 e. The summed E-state index contributed by atoms with van der Waals surface area (Å²) in [5.41, 5.74) is 5.77. The highest BCUT2D eigenvalue weighted by molar-refractivity contribution is 4.87. The molecule has 0 spiro atoms. The van der Waals surface area contributed by atoms with E-state index in [2.05, 4.69) is 0 Å². The molecule has 2 unspecified atom stereocenters. The van der Waals surface area contributed by atoms with Crippen LogP contribution in [0.2, 0.25) is 0 Å². The van der Waals surface area contributed by atoms with Gasteiger partial charge < -0.3 is 15.6 Å². The van der Waals surface area contributed by atoms with Gasteiger partial charge in [0.05, 0.1) is 18.3 Å². The molecule has 0 aromatic heterocycles.